The van der Waals surface area contributed by atoms with Crippen LogP contribution in [0.25, 0.3) is 0 Å². The van der Waals surface area contributed by atoms with Gasteiger partial charge in [0.25, 0.3) is 0 Å². The van der Waals surface area contributed by atoms with E-state index in [4.69, 9.17) is 4.74 Å². The number of ether oxygens (including phenoxy) is 1. The Balaban J connectivity index is 0. The van der Waals surface area contributed by atoms with Crippen LogP contribution in [0.15, 0.2) is 12.2 Å². The third kappa shape index (κ3) is 17.5. The van der Waals surface area contributed by atoms with Crippen LogP contribution in [0.3, 0.4) is 0 Å². The molecule has 0 amide bonds. The second-order valence-electron chi connectivity index (χ2n) is 3.61. The normalized spacial score (nSPS) is 9.21. The van der Waals surface area contributed by atoms with Crippen molar-refractivity contribution in [1.29, 1.82) is 0 Å². The molecule has 0 heterocycles. The lowest BCUT2D eigenvalue weighted by Crippen LogP contribution is -2.05. The van der Waals surface area contributed by atoms with E-state index in [1.165, 1.54) is 16.3 Å². The maximum atomic E-state index is 10.7. The average molecular weight is 217 g/mol. The first-order chi connectivity index (χ1) is 6.41. The van der Waals surface area contributed by atoms with Gasteiger partial charge in [0.2, 0.25) is 0 Å². The summed E-state index contributed by atoms with van der Waals surface area (Å²) in [5, 5.41) is 0. The summed E-state index contributed by atoms with van der Waals surface area (Å²) in [4.78, 5) is 12.7. The zero-order valence-electron chi connectivity index (χ0n) is 10.1. The van der Waals surface area contributed by atoms with Crippen molar-refractivity contribution < 1.29 is 9.53 Å². The van der Waals surface area contributed by atoms with E-state index in [9.17, 15) is 4.79 Å². The Hall–Kier alpha value is -0.613. The molecule has 3 nitrogen and oxygen atoms in total. The van der Waals surface area contributed by atoms with Crippen LogP contribution < -0.4 is 0 Å². The number of esters is 1. The van der Waals surface area contributed by atoms with Crippen LogP contribution in [-0.4, -0.2) is 48.9 Å². The number of hydrogen-bond acceptors (Lipinski definition) is 3. The molecule has 0 spiro atoms. The second kappa shape index (κ2) is 10.5. The third-order valence-corrected chi connectivity index (χ3v) is 1.79. The van der Waals surface area contributed by atoms with Crippen molar-refractivity contribution in [2.24, 2.45) is 0 Å². The number of rotatable bonds is 4. The van der Waals surface area contributed by atoms with Crippen molar-refractivity contribution >= 4 is 16.2 Å². The molecule has 0 bridgehead atoms. The van der Waals surface area contributed by atoms with E-state index in [1.54, 1.807) is 6.92 Å². The molecule has 0 saturated heterocycles. The number of carbonyl (C=O) groups excluding carboxylic acids is 1. The number of carbonyl (C=O) groups is 1. The van der Waals surface area contributed by atoms with Crippen molar-refractivity contribution in [3.8, 4) is 0 Å². The van der Waals surface area contributed by atoms with Gasteiger partial charge in [0.15, 0.2) is 0 Å². The van der Waals surface area contributed by atoms with Gasteiger partial charge in [-0.1, -0.05) is 12.6 Å². The molecule has 0 aliphatic rings. The second-order valence-corrected chi connectivity index (χ2v) is 4.61. The van der Waals surface area contributed by atoms with E-state index in [0.717, 1.165) is 6.42 Å². The van der Waals surface area contributed by atoms with E-state index < -0.39 is 0 Å². The summed E-state index contributed by atoms with van der Waals surface area (Å²) >= 11 is 0. The minimum atomic E-state index is -0.268. The topological polar surface area (TPSA) is 29.5 Å². The van der Waals surface area contributed by atoms with Gasteiger partial charge < -0.3 is 9.64 Å². The zero-order chi connectivity index (χ0) is 11.6. The molecule has 0 fully saturated rings. The molecule has 0 aromatic carbocycles. The lowest BCUT2D eigenvalue weighted by atomic mass is 10.4. The van der Waals surface area contributed by atoms with Gasteiger partial charge in [-0.25, -0.2) is 4.79 Å². The quantitative estimate of drug-likeness (QED) is 0.296. The molecule has 0 aliphatic carbocycles. The van der Waals surface area contributed by atoms with Gasteiger partial charge in [0.05, 0.1) is 6.61 Å². The van der Waals surface area contributed by atoms with Crippen LogP contribution >= 0.6 is 0 Å². The highest BCUT2D eigenvalue weighted by atomic mass is 28.1. The fourth-order valence-corrected chi connectivity index (χ4v) is 0.721. The van der Waals surface area contributed by atoms with Gasteiger partial charge in [0.1, 0.15) is 0 Å². The summed E-state index contributed by atoms with van der Waals surface area (Å²) in [6.07, 6.45) is 0.991. The molecule has 14 heavy (non-hydrogen) atoms. The van der Waals surface area contributed by atoms with Crippen molar-refractivity contribution in [1.82, 2.24) is 4.90 Å². The zero-order valence-corrected chi connectivity index (χ0v) is 12.1. The molecule has 0 rings (SSSR count). The van der Waals surface area contributed by atoms with Crippen molar-refractivity contribution in [2.45, 2.75) is 19.4 Å². The van der Waals surface area contributed by atoms with E-state index in [-0.39, 0.29) is 5.97 Å². The summed E-state index contributed by atoms with van der Waals surface area (Å²) in [5.41, 5.74) is 0.480. The minimum Gasteiger partial charge on any atom is -0.462 e. The van der Waals surface area contributed by atoms with Crippen LogP contribution in [0, 0.1) is 0 Å². The maximum Gasteiger partial charge on any atom is 0.333 e. The van der Waals surface area contributed by atoms with Gasteiger partial charge in [-0.2, -0.15) is 0 Å². The monoisotopic (exact) mass is 217 g/mol. The largest absolute Gasteiger partial charge is 0.462 e. The molecular formula is C10H23NO2Si. The third-order valence-electron chi connectivity index (χ3n) is 1.08. The van der Waals surface area contributed by atoms with E-state index in [1.807, 2.05) is 26.0 Å². The molecule has 0 aromatic rings. The predicted molar refractivity (Wildman–Crippen MR) is 64.7 cm³/mol. The highest BCUT2D eigenvalue weighted by molar-refractivity contribution is 6.08. The average Bonchev–Trinajstić information content (AvgIpc) is 2.03. The van der Waals surface area contributed by atoms with Crippen molar-refractivity contribution in [3.63, 3.8) is 0 Å². The highest BCUT2D eigenvalue weighted by Crippen LogP contribution is 1.93. The Kier molecular flexibility index (Phi) is 11.8. The van der Waals surface area contributed by atoms with E-state index in [2.05, 4.69) is 6.58 Å². The number of nitrogens with zero attached hydrogens (tertiary/aromatic N) is 1. The molecule has 0 atom stereocenters. The van der Waals surface area contributed by atoms with Crippen LogP contribution in [0.4, 0.5) is 0 Å². The summed E-state index contributed by atoms with van der Waals surface area (Å²) in [6, 6.07) is 1.18. The molecular weight excluding hydrogens is 194 g/mol. The van der Waals surface area contributed by atoms with Crippen molar-refractivity contribution in [3.05, 3.63) is 12.2 Å². The molecule has 84 valence electrons. The Morgan fingerprint density at radius 3 is 2.14 bits per heavy atom. The summed E-state index contributed by atoms with van der Waals surface area (Å²) < 4.78 is 4.83. The van der Waals surface area contributed by atoms with Crippen molar-refractivity contribution in [2.75, 3.05) is 27.7 Å². The molecule has 0 unspecified atom stereocenters. The molecule has 0 radical (unpaired) electrons. The van der Waals surface area contributed by atoms with Gasteiger partial charge in [-0.15, -0.1) is 0 Å². The first-order valence-corrected chi connectivity index (χ1v) is 6.26. The first-order valence-electron chi connectivity index (χ1n) is 4.85. The van der Waals surface area contributed by atoms with Crippen LogP contribution in [0.1, 0.15) is 13.3 Å². The van der Waals surface area contributed by atoms with Crippen LogP contribution in [-0.2, 0) is 9.53 Å². The molecule has 0 saturated carbocycles. The van der Waals surface area contributed by atoms with Gasteiger partial charge in [-0.3, -0.25) is 0 Å². The van der Waals surface area contributed by atoms with Crippen LogP contribution in [0.5, 0.6) is 0 Å². The number of hydrogen-bond donors (Lipinski definition) is 0. The van der Waals surface area contributed by atoms with E-state index >= 15 is 0 Å². The summed E-state index contributed by atoms with van der Waals surface area (Å²) in [6.45, 7) is 5.67. The lowest BCUT2D eigenvalue weighted by molar-refractivity contribution is -0.138. The molecule has 0 aromatic heterocycles. The Morgan fingerprint density at radius 1 is 1.43 bits per heavy atom. The fraction of sp³-hybridized carbons (Fsp3) is 0.700. The van der Waals surface area contributed by atoms with Gasteiger partial charge in [0, 0.05) is 15.8 Å². The maximum absolute atomic E-state index is 10.7. The highest BCUT2D eigenvalue weighted by Gasteiger charge is 2.00. The lowest BCUT2D eigenvalue weighted by Gasteiger charge is -2.01. The summed E-state index contributed by atoms with van der Waals surface area (Å²) in [5.74, 6) is -0.268. The Morgan fingerprint density at radius 2 is 1.86 bits per heavy atom. The Labute approximate surface area is 90.5 Å². The minimum absolute atomic E-state index is 0.268. The van der Waals surface area contributed by atoms with Gasteiger partial charge >= 0.3 is 5.97 Å². The molecule has 0 aliphatic heterocycles. The van der Waals surface area contributed by atoms with Gasteiger partial charge in [-0.05, 0) is 34.5 Å². The SMILES string of the molecule is C=C(C)C(=O)OCCC[SiH3].CN(C)C. The molecule has 0 N–H and O–H groups in total. The smallest absolute Gasteiger partial charge is 0.333 e. The fourth-order valence-electron chi connectivity index (χ4n) is 0.432. The first kappa shape index (κ1) is 15.8. The molecule has 4 heteroatoms. The van der Waals surface area contributed by atoms with Crippen LogP contribution in [0.2, 0.25) is 6.04 Å². The Bertz CT molecular complexity index is 167. The standard InChI is InChI=1S/C7H14O2Si.C3H9N/c1-6(2)7(8)9-4-3-5-10;1-4(2)3/h1,3-5H2,2,10H3;1-3H3. The predicted octanol–water partition coefficient (Wildman–Crippen LogP) is 0.457. The van der Waals surface area contributed by atoms with E-state index in [0.29, 0.717) is 12.2 Å². The summed E-state index contributed by atoms with van der Waals surface area (Å²) in [7, 11) is 7.18.